The number of sulfonamides is 1. The predicted octanol–water partition coefficient (Wildman–Crippen LogP) is 5.14. The Hall–Kier alpha value is -3.79. The fourth-order valence-corrected chi connectivity index (χ4v) is 5.95. The van der Waals surface area contributed by atoms with Gasteiger partial charge in [-0.3, -0.25) is 4.79 Å². The van der Waals surface area contributed by atoms with Crippen molar-refractivity contribution in [1.29, 1.82) is 0 Å². The topological polar surface area (TPSA) is 106 Å². The van der Waals surface area contributed by atoms with Crippen molar-refractivity contribution >= 4 is 50.1 Å². The van der Waals surface area contributed by atoms with Crippen molar-refractivity contribution < 1.29 is 22.7 Å². The lowest BCUT2D eigenvalue weighted by molar-refractivity contribution is -0.119. The number of para-hydroxylation sites is 1. The molecule has 8 nitrogen and oxygen atoms in total. The van der Waals surface area contributed by atoms with Crippen LogP contribution in [0.2, 0.25) is 5.02 Å². The maximum Gasteiger partial charge on any atom is 0.339 e. The van der Waals surface area contributed by atoms with Crippen molar-refractivity contribution in [3.8, 4) is 11.3 Å². The monoisotopic (exact) mass is 549 g/mol. The van der Waals surface area contributed by atoms with E-state index in [2.05, 4.69) is 10.3 Å². The molecule has 2 heterocycles. The molecule has 1 saturated heterocycles. The van der Waals surface area contributed by atoms with Gasteiger partial charge in [-0.25, -0.2) is 18.2 Å². The molecular formula is C28H24ClN3O5S. The van der Waals surface area contributed by atoms with Gasteiger partial charge < -0.3 is 10.1 Å². The van der Waals surface area contributed by atoms with Crippen LogP contribution in [0.3, 0.4) is 0 Å². The van der Waals surface area contributed by atoms with E-state index in [-0.39, 0.29) is 10.5 Å². The van der Waals surface area contributed by atoms with E-state index < -0.39 is 28.5 Å². The molecule has 194 valence electrons. The molecule has 10 heteroatoms. The fourth-order valence-electron chi connectivity index (χ4n) is 4.31. The van der Waals surface area contributed by atoms with Gasteiger partial charge in [-0.15, -0.1) is 0 Å². The summed E-state index contributed by atoms with van der Waals surface area (Å²) in [5.74, 6) is -1.22. The predicted molar refractivity (Wildman–Crippen MR) is 146 cm³/mol. The third kappa shape index (κ3) is 5.55. The number of amides is 1. The summed E-state index contributed by atoms with van der Waals surface area (Å²) in [5, 5.41) is 3.82. The summed E-state index contributed by atoms with van der Waals surface area (Å²) in [6.07, 6.45) is 1.70. The number of aromatic nitrogens is 1. The first kappa shape index (κ1) is 25.8. The third-order valence-electron chi connectivity index (χ3n) is 6.25. The molecule has 4 aromatic rings. The zero-order valence-electron chi connectivity index (χ0n) is 20.3. The summed E-state index contributed by atoms with van der Waals surface area (Å²) >= 11 is 6.00. The molecule has 0 unspecified atom stereocenters. The molecular weight excluding hydrogens is 526 g/mol. The smallest absolute Gasteiger partial charge is 0.339 e. The molecule has 0 radical (unpaired) electrons. The van der Waals surface area contributed by atoms with E-state index in [9.17, 15) is 18.0 Å². The van der Waals surface area contributed by atoms with E-state index >= 15 is 0 Å². The number of carbonyl (C=O) groups is 2. The highest BCUT2D eigenvalue weighted by molar-refractivity contribution is 7.89. The molecule has 0 atom stereocenters. The van der Waals surface area contributed by atoms with E-state index in [0.29, 0.717) is 40.4 Å². The maximum absolute atomic E-state index is 13.0. The Morgan fingerprint density at radius 3 is 2.34 bits per heavy atom. The molecule has 1 amide bonds. The quantitative estimate of drug-likeness (QED) is 0.320. The minimum absolute atomic E-state index is 0.171. The number of anilines is 1. The number of nitrogens with one attached hydrogen (secondary N) is 1. The van der Waals surface area contributed by atoms with Crippen LogP contribution < -0.4 is 5.32 Å². The van der Waals surface area contributed by atoms with Crippen molar-refractivity contribution in [1.82, 2.24) is 9.29 Å². The lowest BCUT2D eigenvalue weighted by Gasteiger charge is -2.15. The van der Waals surface area contributed by atoms with Crippen LogP contribution in [-0.4, -0.2) is 49.3 Å². The Kier molecular flexibility index (Phi) is 7.42. The van der Waals surface area contributed by atoms with Crippen LogP contribution in [0.4, 0.5) is 5.69 Å². The number of hydrogen-bond acceptors (Lipinski definition) is 6. The van der Waals surface area contributed by atoms with Crippen molar-refractivity contribution in [3.05, 3.63) is 89.4 Å². The lowest BCUT2D eigenvalue weighted by Crippen LogP contribution is -2.27. The minimum atomic E-state index is -3.54. The first-order valence-corrected chi connectivity index (χ1v) is 13.9. The molecule has 5 rings (SSSR count). The van der Waals surface area contributed by atoms with Crippen LogP contribution in [0.15, 0.2) is 83.8 Å². The molecule has 0 spiro atoms. The zero-order chi connectivity index (χ0) is 26.7. The fraction of sp³-hybridized carbons (Fsp3) is 0.179. The maximum atomic E-state index is 13.0. The van der Waals surface area contributed by atoms with Gasteiger partial charge in [-0.05, 0) is 61.4 Å². The SMILES string of the molecule is O=C(COC(=O)c1cc(-c2ccc(Cl)cc2)nc2ccccc12)Nc1ccc(S(=O)(=O)N2CCCC2)cc1. The van der Waals surface area contributed by atoms with Crippen molar-refractivity contribution in [2.45, 2.75) is 17.7 Å². The van der Waals surface area contributed by atoms with Crippen molar-refractivity contribution in [3.63, 3.8) is 0 Å². The van der Waals surface area contributed by atoms with Crippen molar-refractivity contribution in [2.75, 3.05) is 25.0 Å². The molecule has 1 aliphatic rings. The van der Waals surface area contributed by atoms with Gasteiger partial charge in [0.1, 0.15) is 0 Å². The summed E-state index contributed by atoms with van der Waals surface area (Å²) in [5.41, 5.74) is 2.64. The molecule has 3 aromatic carbocycles. The number of nitrogens with zero attached hydrogens (tertiary/aromatic N) is 2. The summed E-state index contributed by atoms with van der Waals surface area (Å²) in [7, 11) is -3.54. The molecule has 0 saturated carbocycles. The number of fused-ring (bicyclic) bond motifs is 1. The first-order chi connectivity index (χ1) is 18.3. The summed E-state index contributed by atoms with van der Waals surface area (Å²) in [4.78, 5) is 30.3. The van der Waals surface area contributed by atoms with Gasteiger partial charge in [0.15, 0.2) is 6.61 Å². The van der Waals surface area contributed by atoms with Gasteiger partial charge in [0.25, 0.3) is 5.91 Å². The molecule has 0 aliphatic carbocycles. The van der Waals surface area contributed by atoms with E-state index in [0.717, 1.165) is 18.4 Å². The second-order valence-electron chi connectivity index (χ2n) is 8.84. The molecule has 1 fully saturated rings. The third-order valence-corrected chi connectivity index (χ3v) is 8.42. The van der Waals surface area contributed by atoms with Crippen LogP contribution in [0, 0.1) is 0 Å². The first-order valence-electron chi connectivity index (χ1n) is 12.0. The standard InChI is InChI=1S/C28H24ClN3O5S/c29-20-9-7-19(8-10-20)26-17-24(23-5-1-2-6-25(23)31-26)28(34)37-18-27(33)30-21-11-13-22(14-12-21)38(35,36)32-15-3-4-16-32/h1-2,5-14,17H,3-4,15-16,18H2,(H,30,33). The number of pyridine rings is 1. The molecule has 38 heavy (non-hydrogen) atoms. The Morgan fingerprint density at radius 1 is 0.947 bits per heavy atom. The van der Waals surface area contributed by atoms with Crippen LogP contribution in [0.1, 0.15) is 23.2 Å². The Bertz CT molecular complexity index is 1600. The Morgan fingerprint density at radius 2 is 1.63 bits per heavy atom. The Balaban J connectivity index is 1.27. The molecule has 1 N–H and O–H groups in total. The van der Waals surface area contributed by atoms with Gasteiger partial charge >= 0.3 is 5.97 Å². The van der Waals surface area contributed by atoms with Crippen LogP contribution in [0.25, 0.3) is 22.2 Å². The highest BCUT2D eigenvalue weighted by atomic mass is 35.5. The second kappa shape index (κ2) is 10.9. The number of rotatable bonds is 7. The second-order valence-corrected chi connectivity index (χ2v) is 11.2. The normalized spacial score (nSPS) is 13.9. The van der Waals surface area contributed by atoms with E-state index in [1.54, 1.807) is 36.4 Å². The average Bonchev–Trinajstić information content (AvgIpc) is 3.48. The van der Waals surface area contributed by atoms with Crippen molar-refractivity contribution in [2.24, 2.45) is 0 Å². The summed E-state index contributed by atoms with van der Waals surface area (Å²) in [6.45, 7) is 0.514. The lowest BCUT2D eigenvalue weighted by atomic mass is 10.0. The van der Waals surface area contributed by atoms with E-state index in [1.165, 1.54) is 28.6 Å². The highest BCUT2D eigenvalue weighted by Crippen LogP contribution is 2.27. The van der Waals surface area contributed by atoms with Crippen LogP contribution >= 0.6 is 11.6 Å². The Labute approximate surface area is 225 Å². The number of carbonyl (C=O) groups excluding carboxylic acids is 2. The van der Waals surface area contributed by atoms with Gasteiger partial charge in [-0.2, -0.15) is 4.31 Å². The number of benzene rings is 3. The summed E-state index contributed by atoms with van der Waals surface area (Å²) in [6, 6.07) is 21.8. The van der Waals surface area contributed by atoms with Gasteiger partial charge in [0.2, 0.25) is 10.0 Å². The molecule has 0 bridgehead atoms. The minimum Gasteiger partial charge on any atom is -0.452 e. The summed E-state index contributed by atoms with van der Waals surface area (Å²) < 4.78 is 32.1. The number of esters is 1. The van der Waals surface area contributed by atoms with Gasteiger partial charge in [0.05, 0.1) is 21.7 Å². The molecule has 1 aromatic heterocycles. The van der Waals surface area contributed by atoms with Gasteiger partial charge in [0, 0.05) is 34.7 Å². The van der Waals surface area contributed by atoms with Crippen LogP contribution in [-0.2, 0) is 19.6 Å². The van der Waals surface area contributed by atoms with E-state index in [1.807, 2.05) is 18.2 Å². The number of halogens is 1. The average molecular weight is 550 g/mol. The zero-order valence-corrected chi connectivity index (χ0v) is 21.8. The largest absolute Gasteiger partial charge is 0.452 e. The number of ether oxygens (including phenoxy) is 1. The number of hydrogen-bond donors (Lipinski definition) is 1. The van der Waals surface area contributed by atoms with E-state index in [4.69, 9.17) is 16.3 Å². The highest BCUT2D eigenvalue weighted by Gasteiger charge is 2.27. The molecule has 1 aliphatic heterocycles. The van der Waals surface area contributed by atoms with Gasteiger partial charge in [-0.1, -0.05) is 41.9 Å². The van der Waals surface area contributed by atoms with Crippen LogP contribution in [0.5, 0.6) is 0 Å².